The summed E-state index contributed by atoms with van der Waals surface area (Å²) in [5.41, 5.74) is 0. The van der Waals surface area contributed by atoms with Gasteiger partial charge in [0.05, 0.1) is 27.7 Å². The lowest BCUT2D eigenvalue weighted by Gasteiger charge is -2.28. The summed E-state index contributed by atoms with van der Waals surface area (Å²) in [6, 6.07) is 0. The van der Waals surface area contributed by atoms with Crippen LogP contribution in [0.4, 0.5) is 0 Å². The van der Waals surface area contributed by atoms with Crippen molar-refractivity contribution < 1.29 is 42.1 Å². The molecule has 2 atom stereocenters. The minimum atomic E-state index is -4.64. The second-order valence-corrected chi connectivity index (χ2v) is 17.5. The van der Waals surface area contributed by atoms with E-state index in [0.717, 1.165) is 77.0 Å². The zero-order chi connectivity index (χ0) is 42.8. The largest absolute Gasteiger partial charge is 0.756 e. The van der Waals surface area contributed by atoms with E-state index in [1.54, 1.807) is 0 Å². The maximum absolute atomic E-state index is 12.7. The van der Waals surface area contributed by atoms with Gasteiger partial charge in [-0.25, -0.2) is 0 Å². The van der Waals surface area contributed by atoms with Crippen molar-refractivity contribution in [3.05, 3.63) is 73.4 Å². The lowest BCUT2D eigenvalue weighted by Crippen LogP contribution is -2.37. The third-order valence-corrected chi connectivity index (χ3v) is 10.3. The number of carbonyl (C=O) groups excluding carboxylic acids is 2. The average Bonchev–Trinajstić information content (AvgIpc) is 3.17. The first-order valence-electron chi connectivity index (χ1n) is 22.6. The molecule has 0 aromatic heterocycles. The first-order valence-corrected chi connectivity index (χ1v) is 24.1. The Morgan fingerprint density at radius 2 is 1.02 bits per heavy atom. The van der Waals surface area contributed by atoms with Gasteiger partial charge < -0.3 is 27.9 Å². The smallest absolute Gasteiger partial charge is 0.306 e. The lowest BCUT2D eigenvalue weighted by molar-refractivity contribution is -0.870. The van der Waals surface area contributed by atoms with Gasteiger partial charge in [-0.15, -0.1) is 6.58 Å². The molecule has 0 bridgehead atoms. The molecule has 0 N–H and O–H groups in total. The molecule has 334 valence electrons. The Bertz CT molecular complexity index is 1200. The number of hydrogen-bond donors (Lipinski definition) is 0. The zero-order valence-corrected chi connectivity index (χ0v) is 38.2. The molecule has 58 heavy (non-hydrogen) atoms. The number of hydrogen-bond acceptors (Lipinski definition) is 8. The topological polar surface area (TPSA) is 111 Å². The number of esters is 2. The average molecular weight is 834 g/mol. The molecular weight excluding hydrogens is 750 g/mol. The standard InChI is InChI=1S/C48H84NO8P/c1-6-8-10-12-14-16-18-20-22-23-24-25-27-28-30-32-34-36-38-40-47(50)54-44-46(45-56-58(52,53)55-43-42-49(3,4)5)57-48(51)41-39-37-35-33-31-29-26-21-19-17-15-13-11-9-7-2/h7-8,10,14,16,20,22,24-25,28,30,46H,2,6,9,11-13,15,17-19,21,23,26-27,29,31-45H2,1,3-5H3/b10-8+,16-14+,22-20+,25-24+,30-28+/t46-/m1/s1. The second-order valence-electron chi connectivity index (χ2n) is 16.1. The minimum Gasteiger partial charge on any atom is -0.756 e. The Balaban J connectivity index is 4.39. The molecule has 0 rings (SSSR count). The Kier molecular flexibility index (Phi) is 38.1. The summed E-state index contributed by atoms with van der Waals surface area (Å²) in [7, 11) is 1.13. The Morgan fingerprint density at radius 1 is 0.586 bits per heavy atom. The number of phosphoric ester groups is 1. The van der Waals surface area contributed by atoms with E-state index in [-0.39, 0.29) is 26.1 Å². The number of allylic oxidation sites excluding steroid dienone is 11. The van der Waals surface area contributed by atoms with Crippen LogP contribution in [-0.4, -0.2) is 70.0 Å². The molecule has 0 aliphatic heterocycles. The van der Waals surface area contributed by atoms with Crippen molar-refractivity contribution in [2.45, 2.75) is 174 Å². The third kappa shape index (κ3) is 43.0. The highest BCUT2D eigenvalue weighted by atomic mass is 31.2. The van der Waals surface area contributed by atoms with E-state index in [0.29, 0.717) is 23.9 Å². The number of quaternary nitrogens is 1. The van der Waals surface area contributed by atoms with Crippen molar-refractivity contribution >= 4 is 19.8 Å². The van der Waals surface area contributed by atoms with Gasteiger partial charge in [0, 0.05) is 12.8 Å². The van der Waals surface area contributed by atoms with Gasteiger partial charge >= 0.3 is 11.9 Å². The normalized spacial score (nSPS) is 14.0. The van der Waals surface area contributed by atoms with Gasteiger partial charge in [-0.05, 0) is 70.6 Å². The fraction of sp³-hybridized carbons (Fsp3) is 0.708. The summed E-state index contributed by atoms with van der Waals surface area (Å²) in [4.78, 5) is 37.6. The van der Waals surface area contributed by atoms with Crippen molar-refractivity contribution in [1.82, 2.24) is 0 Å². The van der Waals surface area contributed by atoms with Crippen LogP contribution in [0.2, 0.25) is 0 Å². The summed E-state index contributed by atoms with van der Waals surface area (Å²) in [6.45, 7) is 5.59. The van der Waals surface area contributed by atoms with E-state index < -0.39 is 32.5 Å². The minimum absolute atomic E-state index is 0.0402. The molecular formula is C48H84NO8P. The number of likely N-dealkylation sites (N-methyl/N-ethyl adjacent to an activating group) is 1. The van der Waals surface area contributed by atoms with Gasteiger partial charge in [-0.2, -0.15) is 0 Å². The van der Waals surface area contributed by atoms with E-state index in [2.05, 4.69) is 74.3 Å². The molecule has 0 spiro atoms. The molecule has 0 aliphatic rings. The van der Waals surface area contributed by atoms with Gasteiger partial charge in [0.2, 0.25) is 0 Å². The van der Waals surface area contributed by atoms with E-state index in [1.807, 2.05) is 27.2 Å². The Labute approximate surface area is 355 Å². The van der Waals surface area contributed by atoms with Crippen LogP contribution in [0.1, 0.15) is 167 Å². The molecule has 0 amide bonds. The highest BCUT2D eigenvalue weighted by Gasteiger charge is 2.21. The highest BCUT2D eigenvalue weighted by molar-refractivity contribution is 7.45. The molecule has 9 nitrogen and oxygen atoms in total. The zero-order valence-electron chi connectivity index (χ0n) is 37.3. The number of phosphoric acid groups is 1. The van der Waals surface area contributed by atoms with Crippen LogP contribution in [0.15, 0.2) is 73.4 Å². The molecule has 0 aliphatic carbocycles. The molecule has 0 radical (unpaired) electrons. The van der Waals surface area contributed by atoms with Crippen LogP contribution in [0.3, 0.4) is 0 Å². The predicted octanol–water partition coefficient (Wildman–Crippen LogP) is 12.4. The highest BCUT2D eigenvalue weighted by Crippen LogP contribution is 2.38. The van der Waals surface area contributed by atoms with Gasteiger partial charge in [0.15, 0.2) is 6.10 Å². The van der Waals surface area contributed by atoms with Crippen LogP contribution in [-0.2, 0) is 32.7 Å². The number of rotatable bonds is 41. The summed E-state index contributed by atoms with van der Waals surface area (Å²) in [5, 5.41) is 0. The lowest BCUT2D eigenvalue weighted by atomic mass is 10.0. The molecule has 1 unspecified atom stereocenters. The van der Waals surface area contributed by atoms with Crippen LogP contribution >= 0.6 is 7.82 Å². The van der Waals surface area contributed by atoms with Crippen molar-refractivity contribution in [2.24, 2.45) is 0 Å². The first kappa shape index (κ1) is 55.5. The molecule has 0 saturated carbocycles. The number of carbonyl (C=O) groups is 2. The van der Waals surface area contributed by atoms with Crippen LogP contribution in [0, 0.1) is 0 Å². The fourth-order valence-corrected chi connectivity index (χ4v) is 6.57. The van der Waals surface area contributed by atoms with Crippen LogP contribution < -0.4 is 4.89 Å². The fourth-order valence-electron chi connectivity index (χ4n) is 5.84. The van der Waals surface area contributed by atoms with Crippen LogP contribution in [0.25, 0.3) is 0 Å². The van der Waals surface area contributed by atoms with Crippen molar-refractivity contribution in [3.63, 3.8) is 0 Å². The summed E-state index contributed by atoms with van der Waals surface area (Å²) >= 11 is 0. The molecule has 0 fully saturated rings. The monoisotopic (exact) mass is 834 g/mol. The predicted molar refractivity (Wildman–Crippen MR) is 240 cm³/mol. The molecule has 0 heterocycles. The number of nitrogens with zero attached hydrogens (tertiary/aromatic N) is 1. The van der Waals surface area contributed by atoms with E-state index >= 15 is 0 Å². The molecule has 0 aromatic carbocycles. The van der Waals surface area contributed by atoms with E-state index in [4.69, 9.17) is 18.5 Å². The quantitative estimate of drug-likeness (QED) is 0.0197. The number of unbranched alkanes of at least 4 members (excludes halogenated alkanes) is 16. The molecule has 0 aromatic rings. The van der Waals surface area contributed by atoms with Crippen molar-refractivity contribution in [1.29, 1.82) is 0 Å². The van der Waals surface area contributed by atoms with Gasteiger partial charge in [0.1, 0.15) is 19.8 Å². The van der Waals surface area contributed by atoms with E-state index in [1.165, 1.54) is 57.8 Å². The van der Waals surface area contributed by atoms with Gasteiger partial charge in [0.25, 0.3) is 7.82 Å². The maximum Gasteiger partial charge on any atom is 0.306 e. The first-order chi connectivity index (χ1) is 28.0. The number of ether oxygens (including phenoxy) is 2. The van der Waals surface area contributed by atoms with E-state index in [9.17, 15) is 19.0 Å². The van der Waals surface area contributed by atoms with Crippen LogP contribution in [0.5, 0.6) is 0 Å². The Morgan fingerprint density at radius 3 is 1.52 bits per heavy atom. The maximum atomic E-state index is 12.7. The summed E-state index contributed by atoms with van der Waals surface area (Å²) in [6.07, 6.45) is 48.2. The van der Waals surface area contributed by atoms with Gasteiger partial charge in [-0.1, -0.05) is 151 Å². The molecule has 10 heteroatoms. The third-order valence-electron chi connectivity index (χ3n) is 9.36. The summed E-state index contributed by atoms with van der Waals surface area (Å²) in [5.74, 6) is -0.879. The van der Waals surface area contributed by atoms with Gasteiger partial charge in [-0.3, -0.25) is 14.2 Å². The van der Waals surface area contributed by atoms with Crippen molar-refractivity contribution in [2.75, 3.05) is 47.5 Å². The van der Waals surface area contributed by atoms with Crippen molar-refractivity contribution in [3.8, 4) is 0 Å². The summed E-state index contributed by atoms with van der Waals surface area (Å²) < 4.78 is 33.9. The molecule has 0 saturated heterocycles. The Hall–Kier alpha value is -2.55. The SMILES string of the molecule is C=CCCCCCCCCCCCCCCCC(=O)O[C@H](COC(=O)CCCCC/C=C/C/C=C/C/C=C/C/C=C/C/C=C/CC)COP(=O)([O-])OCC[N+](C)(C)C. The second kappa shape index (κ2) is 39.9.